The number of nitrogens with one attached hydrogen (secondary N) is 2. The SMILES string of the molecule is CC(NC(=O)/C=C/c1c(F)cccc1Cl)c1cn[nH]c1. The highest BCUT2D eigenvalue weighted by molar-refractivity contribution is 6.32. The quantitative estimate of drug-likeness (QED) is 0.851. The number of carbonyl (C=O) groups is 1. The van der Waals surface area contributed by atoms with Crippen LogP contribution < -0.4 is 5.32 Å². The summed E-state index contributed by atoms with van der Waals surface area (Å²) in [6.07, 6.45) is 5.93. The Bertz CT molecular complexity index is 605. The molecule has 0 saturated heterocycles. The number of carbonyl (C=O) groups excluding carboxylic acids is 1. The molecule has 0 aliphatic heterocycles. The molecule has 0 spiro atoms. The molecule has 0 radical (unpaired) electrons. The predicted molar refractivity (Wildman–Crippen MR) is 75.6 cm³/mol. The molecule has 2 N–H and O–H groups in total. The Morgan fingerprint density at radius 2 is 2.35 bits per heavy atom. The van der Waals surface area contributed by atoms with E-state index in [1.807, 2.05) is 6.92 Å². The Balaban J connectivity index is 2.03. The summed E-state index contributed by atoms with van der Waals surface area (Å²) < 4.78 is 13.5. The first-order valence-corrected chi connectivity index (χ1v) is 6.37. The summed E-state index contributed by atoms with van der Waals surface area (Å²) in [5.41, 5.74) is 1.05. The average Bonchev–Trinajstić information content (AvgIpc) is 2.92. The van der Waals surface area contributed by atoms with Gasteiger partial charge in [0.1, 0.15) is 5.82 Å². The maximum Gasteiger partial charge on any atom is 0.244 e. The lowest BCUT2D eigenvalue weighted by atomic mass is 10.1. The maximum atomic E-state index is 13.5. The van der Waals surface area contributed by atoms with E-state index in [1.54, 1.807) is 18.5 Å². The standard InChI is InChI=1S/C14H13ClFN3O/c1-9(10-7-17-18-8-10)19-14(20)6-5-11-12(15)3-2-4-13(11)16/h2-9H,1H3,(H,17,18)(H,19,20)/b6-5+. The van der Waals surface area contributed by atoms with Gasteiger partial charge in [0.25, 0.3) is 0 Å². The summed E-state index contributed by atoms with van der Waals surface area (Å²) in [5, 5.41) is 9.48. The number of hydrogen-bond acceptors (Lipinski definition) is 2. The van der Waals surface area contributed by atoms with E-state index >= 15 is 0 Å². The minimum atomic E-state index is -0.468. The van der Waals surface area contributed by atoms with Crippen molar-refractivity contribution in [3.05, 3.63) is 58.6 Å². The van der Waals surface area contributed by atoms with E-state index in [2.05, 4.69) is 15.5 Å². The van der Waals surface area contributed by atoms with Crippen LogP contribution in [0.3, 0.4) is 0 Å². The summed E-state index contributed by atoms with van der Waals surface area (Å²) in [7, 11) is 0. The van der Waals surface area contributed by atoms with Gasteiger partial charge in [-0.15, -0.1) is 0 Å². The molecule has 1 aromatic carbocycles. The molecule has 0 saturated carbocycles. The van der Waals surface area contributed by atoms with Gasteiger partial charge in [-0.3, -0.25) is 9.89 Å². The maximum absolute atomic E-state index is 13.5. The fraction of sp³-hybridized carbons (Fsp3) is 0.143. The van der Waals surface area contributed by atoms with Gasteiger partial charge in [-0.2, -0.15) is 5.10 Å². The average molecular weight is 294 g/mol. The second kappa shape index (κ2) is 6.34. The van der Waals surface area contributed by atoms with Crippen LogP contribution in [0.2, 0.25) is 5.02 Å². The predicted octanol–water partition coefficient (Wildman–Crippen LogP) is 3.09. The number of amides is 1. The highest BCUT2D eigenvalue weighted by Gasteiger charge is 2.09. The van der Waals surface area contributed by atoms with Gasteiger partial charge >= 0.3 is 0 Å². The van der Waals surface area contributed by atoms with Crippen molar-refractivity contribution in [2.45, 2.75) is 13.0 Å². The van der Waals surface area contributed by atoms with Crippen LogP contribution in [0.1, 0.15) is 24.1 Å². The number of hydrogen-bond donors (Lipinski definition) is 2. The number of halogens is 2. The molecule has 1 amide bonds. The Labute approximate surface area is 120 Å². The number of nitrogens with zero attached hydrogens (tertiary/aromatic N) is 1. The highest BCUT2D eigenvalue weighted by Crippen LogP contribution is 2.20. The zero-order chi connectivity index (χ0) is 14.5. The lowest BCUT2D eigenvalue weighted by Gasteiger charge is -2.09. The van der Waals surface area contributed by atoms with Gasteiger partial charge in [0.15, 0.2) is 0 Å². The van der Waals surface area contributed by atoms with Crippen LogP contribution in [-0.2, 0) is 4.79 Å². The molecular formula is C14H13ClFN3O. The highest BCUT2D eigenvalue weighted by atomic mass is 35.5. The molecule has 0 bridgehead atoms. The number of aromatic nitrogens is 2. The summed E-state index contributed by atoms with van der Waals surface area (Å²) in [6.45, 7) is 1.83. The van der Waals surface area contributed by atoms with Crippen molar-refractivity contribution < 1.29 is 9.18 Å². The van der Waals surface area contributed by atoms with Crippen molar-refractivity contribution in [2.24, 2.45) is 0 Å². The summed E-state index contributed by atoms with van der Waals surface area (Å²) in [6, 6.07) is 4.17. The smallest absolute Gasteiger partial charge is 0.244 e. The fourth-order valence-electron chi connectivity index (χ4n) is 1.67. The van der Waals surface area contributed by atoms with Gasteiger partial charge in [0.2, 0.25) is 5.91 Å². The molecule has 2 rings (SSSR count). The van der Waals surface area contributed by atoms with E-state index < -0.39 is 5.82 Å². The van der Waals surface area contributed by atoms with Gasteiger partial charge in [-0.05, 0) is 25.1 Å². The Kier molecular flexibility index (Phi) is 4.53. The number of aromatic amines is 1. The molecule has 1 aromatic heterocycles. The first-order valence-electron chi connectivity index (χ1n) is 5.99. The second-order valence-electron chi connectivity index (χ2n) is 4.23. The minimum absolute atomic E-state index is 0.193. The second-order valence-corrected chi connectivity index (χ2v) is 4.64. The van der Waals surface area contributed by atoms with E-state index in [9.17, 15) is 9.18 Å². The van der Waals surface area contributed by atoms with Gasteiger partial charge in [0, 0.05) is 23.4 Å². The number of benzene rings is 1. The Morgan fingerprint density at radius 1 is 1.55 bits per heavy atom. The van der Waals surface area contributed by atoms with Crippen LogP contribution in [0.15, 0.2) is 36.7 Å². The van der Waals surface area contributed by atoms with Crippen LogP contribution >= 0.6 is 11.6 Å². The molecular weight excluding hydrogens is 281 g/mol. The van der Waals surface area contributed by atoms with E-state index in [4.69, 9.17) is 11.6 Å². The number of H-pyrrole nitrogens is 1. The zero-order valence-corrected chi connectivity index (χ0v) is 11.5. The molecule has 0 aliphatic carbocycles. The third-order valence-electron chi connectivity index (χ3n) is 2.78. The summed E-state index contributed by atoms with van der Waals surface area (Å²) >= 11 is 5.86. The molecule has 0 fully saturated rings. The van der Waals surface area contributed by atoms with Crippen molar-refractivity contribution in [3.8, 4) is 0 Å². The van der Waals surface area contributed by atoms with Crippen LogP contribution in [0, 0.1) is 5.82 Å². The molecule has 104 valence electrons. The van der Waals surface area contributed by atoms with Crippen molar-refractivity contribution in [1.29, 1.82) is 0 Å². The first-order chi connectivity index (χ1) is 9.58. The van der Waals surface area contributed by atoms with Gasteiger partial charge in [-0.1, -0.05) is 17.7 Å². The molecule has 6 heteroatoms. The largest absolute Gasteiger partial charge is 0.346 e. The molecule has 20 heavy (non-hydrogen) atoms. The third-order valence-corrected chi connectivity index (χ3v) is 3.11. The number of rotatable bonds is 4. The van der Waals surface area contributed by atoms with Crippen LogP contribution in [0.5, 0.6) is 0 Å². The van der Waals surface area contributed by atoms with E-state index in [0.717, 1.165) is 5.56 Å². The van der Waals surface area contributed by atoms with E-state index in [1.165, 1.54) is 24.3 Å². The van der Waals surface area contributed by atoms with Crippen LogP contribution in [-0.4, -0.2) is 16.1 Å². The van der Waals surface area contributed by atoms with E-state index in [-0.39, 0.29) is 22.5 Å². The third kappa shape index (κ3) is 3.45. The normalized spacial score (nSPS) is 12.6. The van der Waals surface area contributed by atoms with Crippen LogP contribution in [0.4, 0.5) is 4.39 Å². The Morgan fingerprint density at radius 3 is 3.00 bits per heavy atom. The molecule has 1 atom stereocenters. The van der Waals surface area contributed by atoms with Crippen LogP contribution in [0.25, 0.3) is 6.08 Å². The lowest BCUT2D eigenvalue weighted by molar-refractivity contribution is -0.117. The topological polar surface area (TPSA) is 57.8 Å². The first kappa shape index (κ1) is 14.3. The monoisotopic (exact) mass is 293 g/mol. The van der Waals surface area contributed by atoms with Gasteiger partial charge in [0.05, 0.1) is 17.3 Å². The van der Waals surface area contributed by atoms with Gasteiger partial charge in [-0.25, -0.2) is 4.39 Å². The van der Waals surface area contributed by atoms with Crippen molar-refractivity contribution in [2.75, 3.05) is 0 Å². The minimum Gasteiger partial charge on any atom is -0.346 e. The lowest BCUT2D eigenvalue weighted by Crippen LogP contribution is -2.24. The fourth-order valence-corrected chi connectivity index (χ4v) is 1.90. The van der Waals surface area contributed by atoms with Crippen molar-refractivity contribution in [3.63, 3.8) is 0 Å². The Hall–Kier alpha value is -2.14. The van der Waals surface area contributed by atoms with Crippen molar-refractivity contribution >= 4 is 23.6 Å². The molecule has 0 aliphatic rings. The van der Waals surface area contributed by atoms with Gasteiger partial charge < -0.3 is 5.32 Å². The van der Waals surface area contributed by atoms with E-state index in [0.29, 0.717) is 0 Å². The molecule has 2 aromatic rings. The summed E-state index contributed by atoms with van der Waals surface area (Å²) in [5.74, 6) is -0.803. The molecule has 4 nitrogen and oxygen atoms in total. The molecule has 1 heterocycles. The van der Waals surface area contributed by atoms with Crippen molar-refractivity contribution in [1.82, 2.24) is 15.5 Å². The molecule has 1 unspecified atom stereocenters. The summed E-state index contributed by atoms with van der Waals surface area (Å²) in [4.78, 5) is 11.8. The zero-order valence-electron chi connectivity index (χ0n) is 10.7.